The van der Waals surface area contributed by atoms with E-state index < -0.39 is 11.7 Å². The lowest BCUT2D eigenvalue weighted by Gasteiger charge is -2.14. The quantitative estimate of drug-likeness (QED) is 0.665. The van der Waals surface area contributed by atoms with Gasteiger partial charge in [-0.05, 0) is 24.6 Å². The first-order chi connectivity index (χ1) is 7.45. The largest absolute Gasteiger partial charge is 0.493 e. The lowest BCUT2D eigenvalue weighted by Crippen LogP contribution is -2.10. The molecule has 2 nitrogen and oxygen atoms in total. The summed E-state index contributed by atoms with van der Waals surface area (Å²) in [4.78, 5) is 0. The predicted octanol–water partition coefficient (Wildman–Crippen LogP) is 3.89. The van der Waals surface area contributed by atoms with E-state index in [1.54, 1.807) is 0 Å². The number of halogens is 4. The highest BCUT2D eigenvalue weighted by Gasteiger charge is 2.34. The molecule has 0 aliphatic rings. The van der Waals surface area contributed by atoms with Crippen molar-refractivity contribution in [2.24, 2.45) is 0 Å². The van der Waals surface area contributed by atoms with Crippen LogP contribution in [0.4, 0.5) is 18.9 Å². The van der Waals surface area contributed by atoms with Crippen molar-refractivity contribution < 1.29 is 17.9 Å². The lowest BCUT2D eigenvalue weighted by molar-refractivity contribution is -0.138. The zero-order valence-corrected chi connectivity index (χ0v) is 10.2. The number of rotatable bonds is 4. The van der Waals surface area contributed by atoms with Gasteiger partial charge in [-0.1, -0.05) is 13.3 Å². The minimum Gasteiger partial charge on any atom is -0.493 e. The first-order valence-corrected chi connectivity index (χ1v) is 5.04. The van der Waals surface area contributed by atoms with Gasteiger partial charge in [-0.3, -0.25) is 0 Å². The molecule has 0 spiro atoms. The molecule has 0 unspecified atom stereocenters. The van der Waals surface area contributed by atoms with E-state index in [9.17, 15) is 13.2 Å². The molecule has 0 heterocycles. The summed E-state index contributed by atoms with van der Waals surface area (Å²) in [5.41, 5.74) is 4.59. The van der Waals surface area contributed by atoms with Gasteiger partial charge < -0.3 is 10.5 Å². The molecule has 0 aliphatic heterocycles. The van der Waals surface area contributed by atoms with Crippen LogP contribution in [0.3, 0.4) is 0 Å². The SMILES string of the molecule is CCCCOc1ccc(N)cc1C(F)(F)F.Cl. The molecule has 1 aromatic rings. The van der Waals surface area contributed by atoms with Gasteiger partial charge >= 0.3 is 6.18 Å². The molecule has 0 fully saturated rings. The summed E-state index contributed by atoms with van der Waals surface area (Å²) >= 11 is 0. The standard InChI is InChI=1S/C11H14F3NO.ClH/c1-2-3-6-16-10-5-4-8(15)7-9(10)11(12,13)14;/h4-5,7H,2-3,6,15H2,1H3;1H. The molecular weight excluding hydrogens is 255 g/mol. The lowest BCUT2D eigenvalue weighted by atomic mass is 10.1. The number of anilines is 1. The third kappa shape index (κ3) is 4.73. The Morgan fingerprint density at radius 3 is 2.47 bits per heavy atom. The van der Waals surface area contributed by atoms with Gasteiger partial charge in [0.25, 0.3) is 0 Å². The topological polar surface area (TPSA) is 35.2 Å². The Labute approximate surface area is 104 Å². The predicted molar refractivity (Wildman–Crippen MR) is 63.5 cm³/mol. The third-order valence-electron chi connectivity index (χ3n) is 2.06. The third-order valence-corrected chi connectivity index (χ3v) is 2.06. The van der Waals surface area contributed by atoms with Gasteiger partial charge in [0.2, 0.25) is 0 Å². The van der Waals surface area contributed by atoms with E-state index in [2.05, 4.69) is 0 Å². The number of nitrogens with two attached hydrogens (primary N) is 1. The highest BCUT2D eigenvalue weighted by molar-refractivity contribution is 5.85. The monoisotopic (exact) mass is 269 g/mol. The van der Waals surface area contributed by atoms with Crippen LogP contribution in [-0.2, 0) is 6.18 Å². The molecule has 0 saturated heterocycles. The number of alkyl halides is 3. The molecule has 0 aliphatic carbocycles. The van der Waals surface area contributed by atoms with Crippen LogP contribution in [0.25, 0.3) is 0 Å². The molecule has 98 valence electrons. The van der Waals surface area contributed by atoms with Gasteiger partial charge in [0, 0.05) is 5.69 Å². The molecule has 1 rings (SSSR count). The Bertz CT molecular complexity index is 355. The van der Waals surface area contributed by atoms with Gasteiger partial charge in [-0.15, -0.1) is 12.4 Å². The van der Waals surface area contributed by atoms with Crippen molar-refractivity contribution in [2.75, 3.05) is 12.3 Å². The normalized spacial score (nSPS) is 10.8. The Hall–Kier alpha value is -1.10. The molecule has 1 aromatic carbocycles. The summed E-state index contributed by atoms with van der Waals surface area (Å²) in [6.07, 6.45) is -2.84. The Morgan fingerprint density at radius 2 is 1.94 bits per heavy atom. The minimum absolute atomic E-state index is 0. The van der Waals surface area contributed by atoms with Crippen LogP contribution in [0.1, 0.15) is 25.3 Å². The summed E-state index contributed by atoms with van der Waals surface area (Å²) in [5, 5.41) is 0. The van der Waals surface area contributed by atoms with E-state index in [-0.39, 0.29) is 30.5 Å². The molecule has 0 radical (unpaired) electrons. The maximum atomic E-state index is 12.6. The smallest absolute Gasteiger partial charge is 0.420 e. The summed E-state index contributed by atoms with van der Waals surface area (Å²) in [6, 6.07) is 3.55. The second-order valence-corrected chi connectivity index (χ2v) is 3.46. The number of nitrogen functional groups attached to an aromatic ring is 1. The fourth-order valence-corrected chi connectivity index (χ4v) is 1.22. The molecule has 6 heteroatoms. The van der Waals surface area contributed by atoms with Crippen molar-refractivity contribution in [1.82, 2.24) is 0 Å². The highest BCUT2D eigenvalue weighted by atomic mass is 35.5. The van der Waals surface area contributed by atoms with E-state index in [1.165, 1.54) is 12.1 Å². The van der Waals surface area contributed by atoms with Crippen molar-refractivity contribution in [2.45, 2.75) is 25.9 Å². The van der Waals surface area contributed by atoms with Crippen LogP contribution >= 0.6 is 12.4 Å². The summed E-state index contributed by atoms with van der Waals surface area (Å²) in [6.45, 7) is 2.22. The molecule has 0 amide bonds. The average molecular weight is 270 g/mol. The van der Waals surface area contributed by atoms with Crippen LogP contribution < -0.4 is 10.5 Å². The van der Waals surface area contributed by atoms with Crippen LogP contribution in [0, 0.1) is 0 Å². The van der Waals surface area contributed by atoms with Crippen molar-refractivity contribution in [3.8, 4) is 5.75 Å². The molecule has 2 N–H and O–H groups in total. The number of ether oxygens (including phenoxy) is 1. The van der Waals surface area contributed by atoms with Gasteiger partial charge in [-0.25, -0.2) is 0 Å². The second-order valence-electron chi connectivity index (χ2n) is 3.46. The maximum absolute atomic E-state index is 12.6. The Kier molecular flexibility index (Phi) is 6.16. The first-order valence-electron chi connectivity index (χ1n) is 5.04. The number of hydrogen-bond donors (Lipinski definition) is 1. The van der Waals surface area contributed by atoms with E-state index >= 15 is 0 Å². The number of hydrogen-bond acceptors (Lipinski definition) is 2. The summed E-state index contributed by atoms with van der Waals surface area (Å²) < 4.78 is 42.9. The van der Waals surface area contributed by atoms with Gasteiger partial charge in [0.1, 0.15) is 5.75 Å². The van der Waals surface area contributed by atoms with Crippen molar-refractivity contribution in [1.29, 1.82) is 0 Å². The highest BCUT2D eigenvalue weighted by Crippen LogP contribution is 2.37. The zero-order chi connectivity index (χ0) is 12.2. The van der Waals surface area contributed by atoms with Crippen LogP contribution in [0.2, 0.25) is 0 Å². The molecule has 0 aromatic heterocycles. The van der Waals surface area contributed by atoms with E-state index in [4.69, 9.17) is 10.5 Å². The summed E-state index contributed by atoms with van der Waals surface area (Å²) in [5.74, 6) is -0.157. The molecule has 0 saturated carbocycles. The Balaban J connectivity index is 0.00000256. The van der Waals surface area contributed by atoms with Crippen LogP contribution in [0.5, 0.6) is 5.75 Å². The first kappa shape index (κ1) is 15.9. The average Bonchev–Trinajstić information content (AvgIpc) is 2.19. The van der Waals surface area contributed by atoms with Gasteiger partial charge in [0.05, 0.1) is 12.2 Å². The molecular formula is C11H15ClF3NO. The fraction of sp³-hybridized carbons (Fsp3) is 0.455. The van der Waals surface area contributed by atoms with Crippen LogP contribution in [0.15, 0.2) is 18.2 Å². The molecule has 0 bridgehead atoms. The van der Waals surface area contributed by atoms with Gasteiger partial charge in [0.15, 0.2) is 0 Å². The van der Waals surface area contributed by atoms with E-state index in [1.807, 2.05) is 6.92 Å². The van der Waals surface area contributed by atoms with Crippen molar-refractivity contribution in [3.05, 3.63) is 23.8 Å². The number of benzene rings is 1. The van der Waals surface area contributed by atoms with E-state index in [0.717, 1.165) is 18.9 Å². The number of unbranched alkanes of at least 4 members (excludes halogenated alkanes) is 1. The molecule has 0 atom stereocenters. The van der Waals surface area contributed by atoms with Gasteiger partial charge in [-0.2, -0.15) is 13.2 Å². The Morgan fingerprint density at radius 1 is 1.29 bits per heavy atom. The summed E-state index contributed by atoms with van der Waals surface area (Å²) in [7, 11) is 0. The maximum Gasteiger partial charge on any atom is 0.420 e. The zero-order valence-electron chi connectivity index (χ0n) is 9.38. The minimum atomic E-state index is -4.43. The fourth-order valence-electron chi connectivity index (χ4n) is 1.22. The van der Waals surface area contributed by atoms with Crippen molar-refractivity contribution >= 4 is 18.1 Å². The van der Waals surface area contributed by atoms with E-state index in [0.29, 0.717) is 0 Å². The second kappa shape index (κ2) is 6.59. The van der Waals surface area contributed by atoms with Crippen LogP contribution in [-0.4, -0.2) is 6.61 Å². The van der Waals surface area contributed by atoms with Crippen molar-refractivity contribution in [3.63, 3.8) is 0 Å². The molecule has 17 heavy (non-hydrogen) atoms.